The molecule has 0 radical (unpaired) electrons. The predicted octanol–water partition coefficient (Wildman–Crippen LogP) is 0.0153. The zero-order valence-electron chi connectivity index (χ0n) is 14.2. The molecule has 3 heterocycles. The highest BCUT2D eigenvalue weighted by Gasteiger charge is 2.46. The Morgan fingerprint density at radius 3 is 2.65 bits per heavy atom. The fraction of sp³-hybridized carbons (Fsp3) is 0.444. The molecule has 4 amide bonds. The first kappa shape index (κ1) is 16.7. The van der Waals surface area contributed by atoms with Crippen molar-refractivity contribution in [3.05, 3.63) is 29.3 Å². The Kier molecular flexibility index (Phi) is 3.99. The number of carbonyl (C=O) groups is 4. The Labute approximate surface area is 150 Å². The highest BCUT2D eigenvalue weighted by atomic mass is 16.2. The Hall–Kier alpha value is -2.74. The number of hydrogen-bond donors (Lipinski definition) is 2. The van der Waals surface area contributed by atoms with Gasteiger partial charge in [0, 0.05) is 25.6 Å². The number of anilines is 1. The molecule has 0 saturated carbocycles. The van der Waals surface area contributed by atoms with Crippen LogP contribution in [0, 0.1) is 0 Å². The van der Waals surface area contributed by atoms with E-state index in [-0.39, 0.29) is 24.8 Å². The van der Waals surface area contributed by atoms with Crippen molar-refractivity contribution in [2.45, 2.75) is 37.8 Å². The average molecular weight is 356 g/mol. The SMILES string of the molecule is NCC1CCCN1c1cccc2c1C(=O)N(C1CCC(=O)NC1=O)C2=O. The lowest BCUT2D eigenvalue weighted by Crippen LogP contribution is -2.54. The fourth-order valence-corrected chi connectivity index (χ4v) is 4.13. The molecule has 0 aromatic heterocycles. The van der Waals surface area contributed by atoms with Crippen LogP contribution in [-0.4, -0.2) is 53.7 Å². The van der Waals surface area contributed by atoms with Gasteiger partial charge in [0.05, 0.1) is 16.8 Å². The molecule has 1 aromatic rings. The van der Waals surface area contributed by atoms with Gasteiger partial charge in [0.1, 0.15) is 6.04 Å². The third-order valence-electron chi connectivity index (χ3n) is 5.40. The third kappa shape index (κ3) is 2.40. The molecular weight excluding hydrogens is 336 g/mol. The minimum absolute atomic E-state index is 0.109. The zero-order chi connectivity index (χ0) is 18.4. The van der Waals surface area contributed by atoms with Crippen molar-refractivity contribution in [1.29, 1.82) is 0 Å². The first-order valence-electron chi connectivity index (χ1n) is 8.84. The number of nitrogens with two attached hydrogens (primary N) is 1. The van der Waals surface area contributed by atoms with Crippen LogP contribution in [0.25, 0.3) is 0 Å². The molecule has 8 nitrogen and oxygen atoms in total. The van der Waals surface area contributed by atoms with Crippen LogP contribution in [0.3, 0.4) is 0 Å². The van der Waals surface area contributed by atoms with Gasteiger partial charge in [0.2, 0.25) is 11.8 Å². The second kappa shape index (κ2) is 6.21. The van der Waals surface area contributed by atoms with Gasteiger partial charge in [-0.25, -0.2) is 0 Å². The van der Waals surface area contributed by atoms with Gasteiger partial charge in [-0.05, 0) is 31.4 Å². The van der Waals surface area contributed by atoms with Gasteiger partial charge in [-0.1, -0.05) is 6.07 Å². The number of imide groups is 2. The topological polar surface area (TPSA) is 113 Å². The molecule has 1 aromatic carbocycles. The van der Waals surface area contributed by atoms with E-state index in [9.17, 15) is 19.2 Å². The van der Waals surface area contributed by atoms with Gasteiger partial charge in [-0.2, -0.15) is 0 Å². The number of nitrogens with one attached hydrogen (secondary N) is 1. The molecule has 0 spiro atoms. The first-order chi connectivity index (χ1) is 12.5. The summed E-state index contributed by atoms with van der Waals surface area (Å²) in [6, 6.07) is 4.37. The summed E-state index contributed by atoms with van der Waals surface area (Å²) in [6.07, 6.45) is 2.18. The van der Waals surface area contributed by atoms with E-state index in [0.29, 0.717) is 23.4 Å². The van der Waals surface area contributed by atoms with Crippen LogP contribution in [-0.2, 0) is 9.59 Å². The van der Waals surface area contributed by atoms with Crippen LogP contribution in [0.1, 0.15) is 46.4 Å². The van der Waals surface area contributed by atoms with Crippen molar-refractivity contribution in [1.82, 2.24) is 10.2 Å². The van der Waals surface area contributed by atoms with Gasteiger partial charge in [-0.3, -0.25) is 29.4 Å². The van der Waals surface area contributed by atoms with Crippen molar-refractivity contribution < 1.29 is 19.2 Å². The maximum Gasteiger partial charge on any atom is 0.264 e. The molecular formula is C18H20N4O4. The second-order valence-corrected chi connectivity index (χ2v) is 6.87. The van der Waals surface area contributed by atoms with Gasteiger partial charge in [0.25, 0.3) is 11.8 Å². The number of piperidine rings is 1. The van der Waals surface area contributed by atoms with Crippen LogP contribution in [0.2, 0.25) is 0 Å². The smallest absolute Gasteiger partial charge is 0.264 e. The molecule has 0 aliphatic carbocycles. The number of fused-ring (bicyclic) bond motifs is 1. The number of amides is 4. The van der Waals surface area contributed by atoms with Crippen molar-refractivity contribution in [3.8, 4) is 0 Å². The Bertz CT molecular complexity index is 821. The highest BCUT2D eigenvalue weighted by Crippen LogP contribution is 2.36. The molecule has 2 fully saturated rings. The maximum atomic E-state index is 13.1. The summed E-state index contributed by atoms with van der Waals surface area (Å²) in [5.74, 6) is -1.94. The summed E-state index contributed by atoms with van der Waals surface area (Å²) < 4.78 is 0. The van der Waals surface area contributed by atoms with E-state index in [2.05, 4.69) is 10.2 Å². The van der Waals surface area contributed by atoms with E-state index in [1.807, 2.05) is 6.07 Å². The molecule has 0 bridgehead atoms. The zero-order valence-corrected chi connectivity index (χ0v) is 14.2. The summed E-state index contributed by atoms with van der Waals surface area (Å²) in [7, 11) is 0. The first-order valence-corrected chi connectivity index (χ1v) is 8.84. The molecule has 136 valence electrons. The standard InChI is InChI=1S/C18H20N4O4/c19-9-10-3-2-8-21(10)12-5-1-4-11-15(12)18(26)22(17(11)25)13-6-7-14(23)20-16(13)24/h1,4-5,10,13H,2-3,6-9,19H2,(H,20,23,24). The van der Waals surface area contributed by atoms with Gasteiger partial charge in [-0.15, -0.1) is 0 Å². The van der Waals surface area contributed by atoms with E-state index in [1.165, 1.54) is 0 Å². The minimum Gasteiger partial charge on any atom is -0.367 e. The lowest BCUT2D eigenvalue weighted by Gasteiger charge is -2.29. The lowest BCUT2D eigenvalue weighted by molar-refractivity contribution is -0.136. The van der Waals surface area contributed by atoms with E-state index in [1.54, 1.807) is 12.1 Å². The number of hydrogen-bond acceptors (Lipinski definition) is 6. The van der Waals surface area contributed by atoms with Crippen LogP contribution < -0.4 is 16.0 Å². The molecule has 4 rings (SSSR count). The van der Waals surface area contributed by atoms with Crippen molar-refractivity contribution in [2.24, 2.45) is 5.73 Å². The van der Waals surface area contributed by atoms with Crippen molar-refractivity contribution >= 4 is 29.3 Å². The third-order valence-corrected chi connectivity index (χ3v) is 5.40. The number of benzene rings is 1. The summed E-state index contributed by atoms with van der Waals surface area (Å²) in [5, 5.41) is 2.21. The van der Waals surface area contributed by atoms with Crippen LogP contribution >= 0.6 is 0 Å². The fourth-order valence-electron chi connectivity index (χ4n) is 4.13. The van der Waals surface area contributed by atoms with E-state index in [0.717, 1.165) is 24.3 Å². The number of carbonyl (C=O) groups excluding carboxylic acids is 4. The average Bonchev–Trinajstić information content (AvgIpc) is 3.19. The monoisotopic (exact) mass is 356 g/mol. The summed E-state index contributed by atoms with van der Waals surface area (Å²) >= 11 is 0. The van der Waals surface area contributed by atoms with Gasteiger partial charge in [0.15, 0.2) is 0 Å². The number of rotatable bonds is 3. The largest absolute Gasteiger partial charge is 0.367 e. The molecule has 3 aliphatic rings. The quantitative estimate of drug-likeness (QED) is 0.738. The van der Waals surface area contributed by atoms with Crippen LogP contribution in [0.5, 0.6) is 0 Å². The highest BCUT2D eigenvalue weighted by molar-refractivity contribution is 6.25. The molecule has 2 unspecified atom stereocenters. The molecule has 2 atom stereocenters. The molecule has 2 saturated heterocycles. The predicted molar refractivity (Wildman–Crippen MR) is 92.5 cm³/mol. The van der Waals surface area contributed by atoms with Crippen molar-refractivity contribution in [2.75, 3.05) is 18.0 Å². The van der Waals surface area contributed by atoms with E-state index in [4.69, 9.17) is 5.73 Å². The summed E-state index contributed by atoms with van der Waals surface area (Å²) in [4.78, 5) is 52.6. The second-order valence-electron chi connectivity index (χ2n) is 6.87. The Morgan fingerprint density at radius 1 is 1.12 bits per heavy atom. The molecule has 3 N–H and O–H groups in total. The Morgan fingerprint density at radius 2 is 1.92 bits per heavy atom. The number of nitrogens with zero attached hydrogens (tertiary/aromatic N) is 2. The minimum atomic E-state index is -0.947. The molecule has 26 heavy (non-hydrogen) atoms. The molecule has 3 aliphatic heterocycles. The summed E-state index contributed by atoms with van der Waals surface area (Å²) in [6.45, 7) is 1.25. The van der Waals surface area contributed by atoms with Crippen molar-refractivity contribution in [3.63, 3.8) is 0 Å². The molecule has 8 heteroatoms. The Balaban J connectivity index is 1.72. The van der Waals surface area contributed by atoms with Crippen LogP contribution in [0.15, 0.2) is 18.2 Å². The maximum absolute atomic E-state index is 13.1. The van der Waals surface area contributed by atoms with Crippen LogP contribution in [0.4, 0.5) is 5.69 Å². The van der Waals surface area contributed by atoms with Gasteiger partial charge >= 0.3 is 0 Å². The lowest BCUT2D eigenvalue weighted by atomic mass is 10.0. The normalized spacial score (nSPS) is 25.7. The summed E-state index contributed by atoms with van der Waals surface area (Å²) in [5.41, 5.74) is 7.19. The van der Waals surface area contributed by atoms with Gasteiger partial charge < -0.3 is 10.6 Å². The van der Waals surface area contributed by atoms with E-state index < -0.39 is 23.8 Å². The van der Waals surface area contributed by atoms with E-state index >= 15 is 0 Å².